The van der Waals surface area contributed by atoms with Crippen molar-refractivity contribution in [3.05, 3.63) is 21.9 Å². The Morgan fingerprint density at radius 2 is 2.36 bits per heavy atom. The molecule has 4 heteroatoms. The van der Waals surface area contributed by atoms with Crippen LogP contribution in [0.5, 0.6) is 0 Å². The smallest absolute Gasteiger partial charge is 0.339 e. The molecule has 0 aliphatic carbocycles. The number of hydrogen-bond donors (Lipinski definition) is 1. The third-order valence-corrected chi connectivity index (χ3v) is 2.68. The molecule has 1 aromatic heterocycles. The second kappa shape index (κ2) is 5.78. The molecule has 0 radical (unpaired) electrons. The lowest BCUT2D eigenvalue weighted by Gasteiger charge is -2.02. The average Bonchev–Trinajstić information content (AvgIpc) is 2.63. The van der Waals surface area contributed by atoms with Gasteiger partial charge in [-0.1, -0.05) is 0 Å². The number of thiophene rings is 1. The summed E-state index contributed by atoms with van der Waals surface area (Å²) in [5.74, 6) is -0.222. The standard InChI is InChI=1S/C10H15NO2S/c1-2-13-10(12)9-7-14-6-8(9)4-3-5-11/h6-7H,2-5,11H2,1H3. The normalized spacial score (nSPS) is 10.1. The van der Waals surface area contributed by atoms with Crippen LogP contribution in [0.4, 0.5) is 0 Å². The van der Waals surface area contributed by atoms with E-state index >= 15 is 0 Å². The van der Waals surface area contributed by atoms with Gasteiger partial charge in [-0.15, -0.1) is 0 Å². The van der Waals surface area contributed by atoms with E-state index in [1.165, 1.54) is 11.3 Å². The summed E-state index contributed by atoms with van der Waals surface area (Å²) >= 11 is 1.53. The van der Waals surface area contributed by atoms with E-state index in [-0.39, 0.29) is 5.97 Å². The molecule has 0 atom stereocenters. The SMILES string of the molecule is CCOC(=O)c1cscc1CCCN. The second-order valence-electron chi connectivity index (χ2n) is 2.92. The number of carbonyl (C=O) groups excluding carboxylic acids is 1. The number of esters is 1. The molecule has 78 valence electrons. The van der Waals surface area contributed by atoms with Crippen molar-refractivity contribution in [3.8, 4) is 0 Å². The van der Waals surface area contributed by atoms with Gasteiger partial charge in [0, 0.05) is 5.38 Å². The molecule has 1 rings (SSSR count). The van der Waals surface area contributed by atoms with Gasteiger partial charge in [0.2, 0.25) is 0 Å². The summed E-state index contributed by atoms with van der Waals surface area (Å²) in [6.45, 7) is 2.88. The molecule has 0 aliphatic heterocycles. The van der Waals surface area contributed by atoms with Gasteiger partial charge in [0.1, 0.15) is 0 Å². The van der Waals surface area contributed by atoms with Crippen molar-refractivity contribution in [2.45, 2.75) is 19.8 Å². The first-order chi connectivity index (χ1) is 6.79. The Hall–Kier alpha value is -0.870. The van der Waals surface area contributed by atoms with Crippen LogP contribution in [0.1, 0.15) is 29.3 Å². The van der Waals surface area contributed by atoms with Crippen molar-refractivity contribution in [2.75, 3.05) is 13.2 Å². The van der Waals surface area contributed by atoms with Crippen LogP contribution in [0.15, 0.2) is 10.8 Å². The predicted molar refractivity (Wildman–Crippen MR) is 57.7 cm³/mol. The summed E-state index contributed by atoms with van der Waals surface area (Å²) in [5.41, 5.74) is 7.17. The quantitative estimate of drug-likeness (QED) is 0.759. The molecule has 0 spiro atoms. The van der Waals surface area contributed by atoms with Crippen molar-refractivity contribution in [2.24, 2.45) is 5.73 Å². The lowest BCUT2D eigenvalue weighted by molar-refractivity contribution is 0.0526. The fraction of sp³-hybridized carbons (Fsp3) is 0.500. The molecule has 1 heterocycles. The largest absolute Gasteiger partial charge is 0.462 e. The van der Waals surface area contributed by atoms with Crippen molar-refractivity contribution in [1.29, 1.82) is 0 Å². The van der Waals surface area contributed by atoms with Gasteiger partial charge >= 0.3 is 5.97 Å². The molecule has 1 aromatic rings. The van der Waals surface area contributed by atoms with Crippen molar-refractivity contribution >= 4 is 17.3 Å². The molecule has 0 aromatic carbocycles. The van der Waals surface area contributed by atoms with E-state index in [9.17, 15) is 4.79 Å². The highest BCUT2D eigenvalue weighted by molar-refractivity contribution is 7.08. The van der Waals surface area contributed by atoms with Gasteiger partial charge in [-0.05, 0) is 37.3 Å². The van der Waals surface area contributed by atoms with Crippen molar-refractivity contribution < 1.29 is 9.53 Å². The third kappa shape index (κ3) is 2.82. The fourth-order valence-electron chi connectivity index (χ4n) is 1.20. The molecule has 0 amide bonds. The summed E-state index contributed by atoms with van der Waals surface area (Å²) in [5, 5.41) is 3.83. The molecule has 0 saturated carbocycles. The van der Waals surface area contributed by atoms with Crippen LogP contribution in [-0.2, 0) is 11.2 Å². The Bertz CT molecular complexity index is 296. The van der Waals surface area contributed by atoms with Gasteiger partial charge in [-0.2, -0.15) is 11.3 Å². The van der Waals surface area contributed by atoms with E-state index in [2.05, 4.69) is 0 Å². The van der Waals surface area contributed by atoms with Crippen LogP contribution in [0.25, 0.3) is 0 Å². The molecular formula is C10H15NO2S. The van der Waals surface area contributed by atoms with E-state index in [1.807, 2.05) is 17.7 Å². The molecule has 2 N–H and O–H groups in total. The van der Waals surface area contributed by atoms with Crippen LogP contribution < -0.4 is 5.73 Å². The second-order valence-corrected chi connectivity index (χ2v) is 3.67. The average molecular weight is 213 g/mol. The first kappa shape index (κ1) is 11.2. The van der Waals surface area contributed by atoms with Crippen LogP contribution in [0.2, 0.25) is 0 Å². The predicted octanol–water partition coefficient (Wildman–Crippen LogP) is 1.82. The zero-order valence-electron chi connectivity index (χ0n) is 8.29. The maximum atomic E-state index is 11.4. The van der Waals surface area contributed by atoms with E-state index in [4.69, 9.17) is 10.5 Å². The Kier molecular flexibility index (Phi) is 4.62. The zero-order valence-corrected chi connectivity index (χ0v) is 9.10. The van der Waals surface area contributed by atoms with Gasteiger partial charge in [-0.3, -0.25) is 0 Å². The van der Waals surface area contributed by atoms with Gasteiger partial charge in [0.25, 0.3) is 0 Å². The van der Waals surface area contributed by atoms with E-state index in [0.717, 1.165) is 18.4 Å². The Morgan fingerprint density at radius 3 is 3.00 bits per heavy atom. The Labute approximate surface area is 87.9 Å². The molecule has 0 unspecified atom stereocenters. The number of carbonyl (C=O) groups is 1. The molecule has 0 saturated heterocycles. The monoisotopic (exact) mass is 213 g/mol. The van der Waals surface area contributed by atoms with Crippen LogP contribution in [-0.4, -0.2) is 19.1 Å². The number of hydrogen-bond acceptors (Lipinski definition) is 4. The van der Waals surface area contributed by atoms with Gasteiger partial charge in [0.15, 0.2) is 0 Å². The first-order valence-corrected chi connectivity index (χ1v) is 5.66. The van der Waals surface area contributed by atoms with E-state index in [1.54, 1.807) is 0 Å². The minimum Gasteiger partial charge on any atom is -0.462 e. The topological polar surface area (TPSA) is 52.3 Å². The van der Waals surface area contributed by atoms with E-state index in [0.29, 0.717) is 18.7 Å². The maximum Gasteiger partial charge on any atom is 0.339 e. The molecule has 14 heavy (non-hydrogen) atoms. The summed E-state index contributed by atoms with van der Waals surface area (Å²) in [7, 11) is 0. The third-order valence-electron chi connectivity index (χ3n) is 1.89. The lowest BCUT2D eigenvalue weighted by atomic mass is 10.1. The summed E-state index contributed by atoms with van der Waals surface area (Å²) in [6, 6.07) is 0. The van der Waals surface area contributed by atoms with Gasteiger partial charge < -0.3 is 10.5 Å². The van der Waals surface area contributed by atoms with Gasteiger partial charge in [0.05, 0.1) is 12.2 Å². The highest BCUT2D eigenvalue weighted by Crippen LogP contribution is 2.17. The molecule has 0 aliphatic rings. The van der Waals surface area contributed by atoms with Crippen LogP contribution in [0, 0.1) is 0 Å². The molecule has 0 fully saturated rings. The number of aryl methyl sites for hydroxylation is 1. The molecular weight excluding hydrogens is 198 g/mol. The van der Waals surface area contributed by atoms with Crippen molar-refractivity contribution in [3.63, 3.8) is 0 Å². The summed E-state index contributed by atoms with van der Waals surface area (Å²) < 4.78 is 4.94. The number of ether oxygens (including phenoxy) is 1. The fourth-order valence-corrected chi connectivity index (χ4v) is 2.06. The van der Waals surface area contributed by atoms with Crippen LogP contribution >= 0.6 is 11.3 Å². The minimum atomic E-state index is -0.222. The Morgan fingerprint density at radius 1 is 1.57 bits per heavy atom. The summed E-state index contributed by atoms with van der Waals surface area (Å²) in [4.78, 5) is 11.4. The number of nitrogens with two attached hydrogens (primary N) is 1. The molecule has 3 nitrogen and oxygen atoms in total. The van der Waals surface area contributed by atoms with Crippen LogP contribution in [0.3, 0.4) is 0 Å². The lowest BCUT2D eigenvalue weighted by Crippen LogP contribution is -2.07. The van der Waals surface area contributed by atoms with Gasteiger partial charge in [-0.25, -0.2) is 4.79 Å². The minimum absolute atomic E-state index is 0.222. The highest BCUT2D eigenvalue weighted by Gasteiger charge is 2.12. The maximum absolute atomic E-state index is 11.4. The Balaban J connectivity index is 2.66. The number of rotatable bonds is 5. The first-order valence-electron chi connectivity index (χ1n) is 4.71. The zero-order chi connectivity index (χ0) is 10.4. The molecule has 0 bridgehead atoms. The highest BCUT2D eigenvalue weighted by atomic mass is 32.1. The van der Waals surface area contributed by atoms with Crippen molar-refractivity contribution in [1.82, 2.24) is 0 Å². The van der Waals surface area contributed by atoms with E-state index < -0.39 is 0 Å². The summed E-state index contributed by atoms with van der Waals surface area (Å²) in [6.07, 6.45) is 1.76.